The lowest BCUT2D eigenvalue weighted by molar-refractivity contribution is -0.163. The van der Waals surface area contributed by atoms with Gasteiger partial charge in [0.15, 0.2) is 0 Å². The maximum absolute atomic E-state index is 12.6. The summed E-state index contributed by atoms with van der Waals surface area (Å²) in [6.07, 6.45) is 1.09. The van der Waals surface area contributed by atoms with Gasteiger partial charge in [0.1, 0.15) is 11.6 Å². The fourth-order valence-electron chi connectivity index (χ4n) is 2.85. The molecule has 0 aromatic heterocycles. The number of ether oxygens (including phenoxy) is 2. The zero-order chi connectivity index (χ0) is 25.2. The fourth-order valence-corrected chi connectivity index (χ4v) is 4.16. The molecule has 0 aliphatic heterocycles. The number of hydrogen-bond donors (Lipinski definition) is 5. The number of unbranched alkanes of at least 4 members (excludes halogenated alkanes) is 1. The lowest BCUT2D eigenvalue weighted by Gasteiger charge is -2.28. The highest BCUT2D eigenvalue weighted by molar-refractivity contribution is 7.89. The predicted octanol–water partition coefficient (Wildman–Crippen LogP) is 1.04. The molecule has 0 saturated heterocycles. The second-order valence-corrected chi connectivity index (χ2v) is 8.96. The third-order valence-electron chi connectivity index (χ3n) is 4.81. The Morgan fingerprint density at radius 3 is 2.29 bits per heavy atom. The molecule has 0 aliphatic rings. The molecule has 2 aromatic rings. The molecular formula is C22H28N4O7S. The molecule has 1 amide bonds. The fraction of sp³-hybridized carbons (Fsp3) is 0.318. The van der Waals surface area contributed by atoms with E-state index in [-0.39, 0.29) is 17.2 Å². The molecule has 0 heterocycles. The SMILES string of the molecule is CO[C@](CNC(=O)CCCCOc1ccc(C(=N)N)cc1)(NS(=O)(=O)c1ccccc1)C(=O)O. The molecule has 0 saturated carbocycles. The molecule has 0 unspecified atom stereocenters. The molecule has 0 spiro atoms. The molecule has 12 heteroatoms. The van der Waals surface area contributed by atoms with Gasteiger partial charge in [-0.05, 0) is 49.2 Å². The van der Waals surface area contributed by atoms with Crippen molar-refractivity contribution in [3.05, 3.63) is 60.2 Å². The Morgan fingerprint density at radius 1 is 1.09 bits per heavy atom. The van der Waals surface area contributed by atoms with Crippen LogP contribution >= 0.6 is 0 Å². The number of amides is 1. The van der Waals surface area contributed by atoms with Gasteiger partial charge in [0, 0.05) is 19.1 Å². The topological polar surface area (TPSA) is 181 Å². The number of benzene rings is 2. The molecule has 0 bridgehead atoms. The van der Waals surface area contributed by atoms with Gasteiger partial charge in [-0.2, -0.15) is 4.72 Å². The van der Waals surface area contributed by atoms with E-state index in [1.54, 1.807) is 30.3 Å². The number of sulfonamides is 1. The van der Waals surface area contributed by atoms with Gasteiger partial charge in [0.05, 0.1) is 18.0 Å². The average molecular weight is 493 g/mol. The van der Waals surface area contributed by atoms with Crippen molar-refractivity contribution >= 4 is 27.7 Å². The van der Waals surface area contributed by atoms with Gasteiger partial charge in [-0.3, -0.25) is 10.2 Å². The zero-order valence-electron chi connectivity index (χ0n) is 18.6. The second kappa shape index (κ2) is 12.1. The van der Waals surface area contributed by atoms with Crippen LogP contribution in [0.4, 0.5) is 0 Å². The molecule has 2 aromatic carbocycles. The Labute approximate surface area is 197 Å². The number of carboxylic acid groups (broad SMARTS) is 1. The molecule has 184 valence electrons. The van der Waals surface area contributed by atoms with E-state index in [0.717, 1.165) is 7.11 Å². The molecule has 1 atom stereocenters. The molecule has 0 aliphatic carbocycles. The van der Waals surface area contributed by atoms with Crippen molar-refractivity contribution in [1.82, 2.24) is 10.0 Å². The highest BCUT2D eigenvalue weighted by atomic mass is 32.2. The van der Waals surface area contributed by atoms with Crippen LogP contribution in [0, 0.1) is 5.41 Å². The number of nitrogens with one attached hydrogen (secondary N) is 3. The Balaban J connectivity index is 1.83. The smallest absolute Gasteiger partial charge is 0.354 e. The van der Waals surface area contributed by atoms with Gasteiger partial charge in [0.2, 0.25) is 21.7 Å². The van der Waals surface area contributed by atoms with Crippen molar-refractivity contribution in [3.63, 3.8) is 0 Å². The maximum atomic E-state index is 12.6. The summed E-state index contributed by atoms with van der Waals surface area (Å²) in [7, 11) is -3.19. The van der Waals surface area contributed by atoms with E-state index >= 15 is 0 Å². The van der Waals surface area contributed by atoms with Gasteiger partial charge in [0.25, 0.3) is 0 Å². The van der Waals surface area contributed by atoms with Crippen molar-refractivity contribution in [2.75, 3.05) is 20.3 Å². The maximum Gasteiger partial charge on any atom is 0.354 e. The molecule has 11 nitrogen and oxygen atoms in total. The van der Waals surface area contributed by atoms with Crippen molar-refractivity contribution in [2.24, 2.45) is 5.73 Å². The van der Waals surface area contributed by atoms with Crippen LogP contribution in [0.5, 0.6) is 5.75 Å². The molecule has 0 fully saturated rings. The number of hydrogen-bond acceptors (Lipinski definition) is 7. The van der Waals surface area contributed by atoms with Crippen LogP contribution in [0.2, 0.25) is 0 Å². The lowest BCUT2D eigenvalue weighted by Crippen LogP contribution is -2.61. The minimum absolute atomic E-state index is 0.0363. The highest BCUT2D eigenvalue weighted by Gasteiger charge is 2.43. The van der Waals surface area contributed by atoms with Gasteiger partial charge < -0.3 is 25.6 Å². The standard InChI is InChI=1S/C22H28N4O7S/c1-32-22(21(28)29,26-34(30,31)18-7-3-2-4-8-18)15-25-19(27)9-5-6-14-33-17-12-10-16(11-13-17)20(23)24/h2-4,7-8,10-13,26H,5-6,9,14-15H2,1H3,(H3,23,24)(H,25,27)(H,28,29)/t22-/m0/s1. The van der Waals surface area contributed by atoms with E-state index in [9.17, 15) is 23.1 Å². The number of methoxy groups -OCH3 is 1. The summed E-state index contributed by atoms with van der Waals surface area (Å²) in [6, 6.07) is 13.9. The first-order chi connectivity index (χ1) is 16.1. The Hall–Kier alpha value is -3.48. The van der Waals surface area contributed by atoms with Gasteiger partial charge >= 0.3 is 5.97 Å². The average Bonchev–Trinajstić information content (AvgIpc) is 2.82. The molecule has 2 rings (SSSR count). The number of nitrogens with two attached hydrogens (primary N) is 1. The first-order valence-corrected chi connectivity index (χ1v) is 11.8. The summed E-state index contributed by atoms with van der Waals surface area (Å²) in [5.41, 5.74) is 3.61. The third kappa shape index (κ3) is 7.54. The van der Waals surface area contributed by atoms with Gasteiger partial charge in [-0.15, -0.1) is 0 Å². The Morgan fingerprint density at radius 2 is 1.74 bits per heavy atom. The second-order valence-electron chi connectivity index (χ2n) is 7.28. The molecule has 6 N–H and O–H groups in total. The van der Waals surface area contributed by atoms with Crippen LogP contribution in [0.1, 0.15) is 24.8 Å². The van der Waals surface area contributed by atoms with Crippen LogP contribution < -0.4 is 20.5 Å². The van der Waals surface area contributed by atoms with Gasteiger partial charge in [-0.1, -0.05) is 18.2 Å². The van der Waals surface area contributed by atoms with Crippen molar-refractivity contribution in [1.29, 1.82) is 5.41 Å². The molecule has 0 radical (unpaired) electrons. The van der Waals surface area contributed by atoms with Crippen LogP contribution in [0.25, 0.3) is 0 Å². The summed E-state index contributed by atoms with van der Waals surface area (Å²) in [5.74, 6) is -1.50. The lowest BCUT2D eigenvalue weighted by atomic mass is 10.2. The van der Waals surface area contributed by atoms with Gasteiger partial charge in [-0.25, -0.2) is 13.2 Å². The van der Waals surface area contributed by atoms with E-state index in [2.05, 4.69) is 5.32 Å². The van der Waals surface area contributed by atoms with E-state index in [1.165, 1.54) is 24.3 Å². The van der Waals surface area contributed by atoms with E-state index in [1.807, 2.05) is 4.72 Å². The van der Waals surface area contributed by atoms with E-state index < -0.39 is 34.2 Å². The van der Waals surface area contributed by atoms with Crippen molar-refractivity contribution in [2.45, 2.75) is 29.9 Å². The van der Waals surface area contributed by atoms with Crippen molar-refractivity contribution in [3.8, 4) is 5.75 Å². The first kappa shape index (κ1) is 26.8. The molecular weight excluding hydrogens is 464 g/mol. The van der Waals surface area contributed by atoms with Crippen LogP contribution in [0.15, 0.2) is 59.5 Å². The monoisotopic (exact) mass is 492 g/mol. The summed E-state index contributed by atoms with van der Waals surface area (Å²) >= 11 is 0. The number of nitrogen functional groups attached to an aromatic ring is 1. The summed E-state index contributed by atoms with van der Waals surface area (Å²) in [5, 5.41) is 19.4. The summed E-state index contributed by atoms with van der Waals surface area (Å²) < 4.78 is 37.7. The minimum atomic E-state index is -4.22. The number of amidine groups is 1. The Kier molecular flexibility index (Phi) is 9.54. The predicted molar refractivity (Wildman–Crippen MR) is 124 cm³/mol. The summed E-state index contributed by atoms with van der Waals surface area (Å²) in [6.45, 7) is -0.260. The molecule has 34 heavy (non-hydrogen) atoms. The number of carbonyl (C=O) groups is 2. The number of rotatable bonds is 14. The first-order valence-electron chi connectivity index (χ1n) is 10.3. The normalized spacial score (nSPS) is 13.0. The quantitative estimate of drug-likeness (QED) is 0.112. The van der Waals surface area contributed by atoms with Crippen LogP contribution in [-0.4, -0.2) is 57.2 Å². The minimum Gasteiger partial charge on any atom is -0.494 e. The van der Waals surface area contributed by atoms with E-state index in [4.69, 9.17) is 20.6 Å². The Bertz CT molecular complexity index is 1090. The summed E-state index contributed by atoms with van der Waals surface area (Å²) in [4.78, 5) is 23.9. The largest absolute Gasteiger partial charge is 0.494 e. The number of aliphatic carboxylic acids is 1. The van der Waals surface area contributed by atoms with Crippen LogP contribution in [0.3, 0.4) is 0 Å². The number of carboxylic acids is 1. The zero-order valence-corrected chi connectivity index (χ0v) is 19.4. The van der Waals surface area contributed by atoms with Crippen LogP contribution in [-0.2, 0) is 24.3 Å². The third-order valence-corrected chi connectivity index (χ3v) is 6.30. The van der Waals surface area contributed by atoms with Crippen molar-refractivity contribution < 1.29 is 32.6 Å². The highest BCUT2D eigenvalue weighted by Crippen LogP contribution is 2.15. The number of carbonyl (C=O) groups excluding carboxylic acids is 1. The van der Waals surface area contributed by atoms with E-state index in [0.29, 0.717) is 30.8 Å².